The van der Waals surface area contributed by atoms with Crippen LogP contribution in [0.3, 0.4) is 0 Å². The number of hydrogen-bond acceptors (Lipinski definition) is 4. The minimum atomic E-state index is -1.05. The molecule has 5 heteroatoms. The van der Waals surface area contributed by atoms with Crippen LogP contribution in [0.1, 0.15) is 98.2 Å². The third-order valence-corrected chi connectivity index (χ3v) is 6.86. The van der Waals surface area contributed by atoms with Crippen LogP contribution in [0.4, 0.5) is 0 Å². The van der Waals surface area contributed by atoms with Gasteiger partial charge in [0.15, 0.2) is 0 Å². The normalized spacial score (nSPS) is 17.7. The number of ether oxygens (including phenoxy) is 1. The maximum absolute atomic E-state index is 12.0. The standard InChI is InChI=1S/C28H32N2O3/c1-3-5-6-15-33-27-14-13-22(25(17-29)26(27)18-30)24-16-21(11-12-23(24)28(31)32)20-9-7-19(4-2)8-10-20/h11-14,16,19-20H,3-10,15H2,1-2H3,(H,31,32)/t19-,20-. The smallest absolute Gasteiger partial charge is 0.336 e. The molecule has 2 aromatic carbocycles. The summed E-state index contributed by atoms with van der Waals surface area (Å²) in [6.07, 6.45) is 8.70. The molecule has 0 radical (unpaired) electrons. The molecule has 1 aliphatic rings. The number of nitriles is 2. The van der Waals surface area contributed by atoms with Crippen LogP contribution in [0.15, 0.2) is 30.3 Å². The number of carboxylic acids is 1. The van der Waals surface area contributed by atoms with Crippen LogP contribution in [-0.2, 0) is 0 Å². The Balaban J connectivity index is 2.02. The summed E-state index contributed by atoms with van der Waals surface area (Å²) in [6, 6.07) is 13.1. The topological polar surface area (TPSA) is 94.1 Å². The molecule has 1 aliphatic carbocycles. The van der Waals surface area contributed by atoms with E-state index in [0.29, 0.717) is 29.4 Å². The van der Waals surface area contributed by atoms with Gasteiger partial charge in [-0.25, -0.2) is 4.79 Å². The highest BCUT2D eigenvalue weighted by atomic mass is 16.5. The first kappa shape index (κ1) is 24.3. The Morgan fingerprint density at radius 1 is 1.00 bits per heavy atom. The predicted molar refractivity (Wildman–Crippen MR) is 128 cm³/mol. The highest BCUT2D eigenvalue weighted by molar-refractivity contribution is 5.97. The van der Waals surface area contributed by atoms with E-state index >= 15 is 0 Å². The first-order valence-corrected chi connectivity index (χ1v) is 12.0. The Hall–Kier alpha value is -3.31. The third-order valence-electron chi connectivity index (χ3n) is 6.86. The summed E-state index contributed by atoms with van der Waals surface area (Å²) in [4.78, 5) is 12.0. The van der Waals surface area contributed by atoms with E-state index in [1.807, 2.05) is 12.1 Å². The Labute approximate surface area is 196 Å². The van der Waals surface area contributed by atoms with Gasteiger partial charge in [0, 0.05) is 5.56 Å². The molecule has 1 fully saturated rings. The molecule has 5 nitrogen and oxygen atoms in total. The van der Waals surface area contributed by atoms with Crippen LogP contribution in [0.5, 0.6) is 5.75 Å². The molecule has 0 heterocycles. The van der Waals surface area contributed by atoms with Gasteiger partial charge in [-0.3, -0.25) is 0 Å². The van der Waals surface area contributed by atoms with Gasteiger partial charge >= 0.3 is 5.97 Å². The Morgan fingerprint density at radius 3 is 2.33 bits per heavy atom. The maximum atomic E-state index is 12.0. The van der Waals surface area contributed by atoms with Crippen molar-refractivity contribution >= 4 is 5.97 Å². The molecule has 2 aromatic rings. The summed E-state index contributed by atoms with van der Waals surface area (Å²) >= 11 is 0. The molecule has 1 saturated carbocycles. The fourth-order valence-corrected chi connectivity index (χ4v) is 4.82. The fraction of sp³-hybridized carbons (Fsp3) is 0.464. The fourth-order valence-electron chi connectivity index (χ4n) is 4.82. The zero-order valence-electron chi connectivity index (χ0n) is 19.6. The molecule has 33 heavy (non-hydrogen) atoms. The van der Waals surface area contributed by atoms with Crippen molar-refractivity contribution in [2.75, 3.05) is 6.61 Å². The van der Waals surface area contributed by atoms with E-state index in [1.165, 1.54) is 19.3 Å². The lowest BCUT2D eigenvalue weighted by molar-refractivity contribution is 0.0697. The summed E-state index contributed by atoms with van der Waals surface area (Å²) in [5, 5.41) is 29.6. The van der Waals surface area contributed by atoms with Crippen molar-refractivity contribution in [2.24, 2.45) is 5.92 Å². The van der Waals surface area contributed by atoms with E-state index in [4.69, 9.17) is 4.74 Å². The number of carboxylic acid groups (broad SMARTS) is 1. The van der Waals surface area contributed by atoms with Gasteiger partial charge in [0.2, 0.25) is 0 Å². The van der Waals surface area contributed by atoms with Gasteiger partial charge in [-0.1, -0.05) is 39.2 Å². The highest BCUT2D eigenvalue weighted by Crippen LogP contribution is 2.40. The van der Waals surface area contributed by atoms with Crippen LogP contribution in [-0.4, -0.2) is 17.7 Å². The van der Waals surface area contributed by atoms with Gasteiger partial charge in [0.05, 0.1) is 17.7 Å². The number of carbonyl (C=O) groups is 1. The lowest BCUT2D eigenvalue weighted by Crippen LogP contribution is -2.13. The molecule has 172 valence electrons. The average molecular weight is 445 g/mol. The number of rotatable bonds is 9. The van der Waals surface area contributed by atoms with Gasteiger partial charge < -0.3 is 9.84 Å². The van der Waals surface area contributed by atoms with Crippen molar-refractivity contribution in [3.05, 3.63) is 52.6 Å². The molecule has 3 rings (SSSR count). The summed E-state index contributed by atoms with van der Waals surface area (Å²) in [7, 11) is 0. The Bertz CT molecular complexity index is 1070. The number of nitrogens with zero attached hydrogens (tertiary/aromatic N) is 2. The summed E-state index contributed by atoms with van der Waals surface area (Å²) < 4.78 is 5.79. The summed E-state index contributed by atoms with van der Waals surface area (Å²) in [5.74, 6) is 0.483. The number of aromatic carboxylic acids is 1. The molecule has 0 amide bonds. The second-order valence-electron chi connectivity index (χ2n) is 8.88. The summed E-state index contributed by atoms with van der Waals surface area (Å²) in [5.41, 5.74) is 2.53. The predicted octanol–water partition coefficient (Wildman–Crippen LogP) is 7.05. The van der Waals surface area contributed by atoms with Crippen molar-refractivity contribution in [3.8, 4) is 29.0 Å². The lowest BCUT2D eigenvalue weighted by atomic mass is 9.77. The van der Waals surface area contributed by atoms with Gasteiger partial charge in [0.25, 0.3) is 0 Å². The molecule has 0 unspecified atom stereocenters. The average Bonchev–Trinajstić information content (AvgIpc) is 2.85. The van der Waals surface area contributed by atoms with Crippen molar-refractivity contribution in [3.63, 3.8) is 0 Å². The van der Waals surface area contributed by atoms with Gasteiger partial charge in [-0.15, -0.1) is 0 Å². The molecule has 0 bridgehead atoms. The van der Waals surface area contributed by atoms with Crippen LogP contribution in [0, 0.1) is 28.6 Å². The van der Waals surface area contributed by atoms with Gasteiger partial charge in [-0.05, 0) is 79.3 Å². The third kappa shape index (κ3) is 5.55. The Kier molecular flexibility index (Phi) is 8.50. The molecule has 0 saturated heterocycles. The van der Waals surface area contributed by atoms with Crippen molar-refractivity contribution in [1.29, 1.82) is 10.5 Å². The second-order valence-corrected chi connectivity index (χ2v) is 8.88. The maximum Gasteiger partial charge on any atom is 0.336 e. The van der Waals surface area contributed by atoms with E-state index in [-0.39, 0.29) is 16.7 Å². The van der Waals surface area contributed by atoms with E-state index in [0.717, 1.165) is 43.6 Å². The van der Waals surface area contributed by atoms with Gasteiger partial charge in [0.1, 0.15) is 23.5 Å². The van der Waals surface area contributed by atoms with Gasteiger partial charge in [-0.2, -0.15) is 10.5 Å². The molecule has 0 spiro atoms. The number of hydrogen-bond donors (Lipinski definition) is 1. The van der Waals surface area contributed by atoms with Crippen LogP contribution in [0.25, 0.3) is 11.1 Å². The molecule has 0 aliphatic heterocycles. The molecule has 0 atom stereocenters. The Morgan fingerprint density at radius 2 is 1.73 bits per heavy atom. The molecule has 1 N–H and O–H groups in total. The SMILES string of the molecule is CCCCCOc1ccc(-c2cc([C@H]3CC[C@H](CC)CC3)ccc2C(=O)O)c(C#N)c1C#N. The van der Waals surface area contributed by atoms with Crippen molar-refractivity contribution < 1.29 is 14.6 Å². The number of unbranched alkanes of at least 4 members (excludes halogenated alkanes) is 2. The quantitative estimate of drug-likeness (QED) is 0.418. The second kappa shape index (κ2) is 11.5. The first-order chi connectivity index (χ1) is 16.0. The summed E-state index contributed by atoms with van der Waals surface area (Å²) in [6.45, 7) is 4.81. The van der Waals surface area contributed by atoms with Crippen LogP contribution < -0.4 is 4.74 Å². The monoisotopic (exact) mass is 444 g/mol. The van der Waals surface area contributed by atoms with E-state index < -0.39 is 5.97 Å². The minimum Gasteiger partial charge on any atom is -0.492 e. The van der Waals surface area contributed by atoms with Crippen LogP contribution >= 0.6 is 0 Å². The van der Waals surface area contributed by atoms with E-state index in [1.54, 1.807) is 18.2 Å². The molecular formula is C28H32N2O3. The minimum absolute atomic E-state index is 0.137. The van der Waals surface area contributed by atoms with Crippen LogP contribution in [0.2, 0.25) is 0 Å². The van der Waals surface area contributed by atoms with Crippen molar-refractivity contribution in [1.82, 2.24) is 0 Å². The number of benzene rings is 2. The highest BCUT2D eigenvalue weighted by Gasteiger charge is 2.25. The molecule has 0 aromatic heterocycles. The van der Waals surface area contributed by atoms with Crippen molar-refractivity contribution in [2.45, 2.75) is 71.1 Å². The van der Waals surface area contributed by atoms with E-state index in [2.05, 4.69) is 26.0 Å². The zero-order valence-corrected chi connectivity index (χ0v) is 19.6. The first-order valence-electron chi connectivity index (χ1n) is 12.0. The lowest BCUT2D eigenvalue weighted by Gasteiger charge is -2.28. The zero-order chi connectivity index (χ0) is 23.8. The largest absolute Gasteiger partial charge is 0.492 e. The van der Waals surface area contributed by atoms with E-state index in [9.17, 15) is 20.4 Å². The molecular weight excluding hydrogens is 412 g/mol.